The highest BCUT2D eigenvalue weighted by atomic mass is 35.5. The standard InChI is InChI=1S/C12H13ClN4O2/c1-12(2,11(18)19)7-17-10(14-15-16-17)8-3-5-9(13)6-4-8/h3-6H,7H2,1-2H3,(H,18,19). The minimum Gasteiger partial charge on any atom is -0.481 e. The molecule has 0 amide bonds. The van der Waals surface area contributed by atoms with E-state index in [4.69, 9.17) is 16.7 Å². The third-order valence-corrected chi connectivity index (χ3v) is 3.01. The van der Waals surface area contributed by atoms with Crippen LogP contribution in [0.4, 0.5) is 0 Å². The Bertz CT molecular complexity index is 592. The molecule has 0 aliphatic heterocycles. The Labute approximate surface area is 115 Å². The molecule has 1 heterocycles. The molecule has 7 heteroatoms. The van der Waals surface area contributed by atoms with Gasteiger partial charge in [-0.25, -0.2) is 4.68 Å². The van der Waals surface area contributed by atoms with E-state index >= 15 is 0 Å². The average molecular weight is 281 g/mol. The quantitative estimate of drug-likeness (QED) is 0.927. The molecule has 0 unspecified atom stereocenters. The van der Waals surface area contributed by atoms with Crippen molar-refractivity contribution in [2.45, 2.75) is 20.4 Å². The Hall–Kier alpha value is -1.95. The molecular formula is C12H13ClN4O2. The van der Waals surface area contributed by atoms with Crippen LogP contribution >= 0.6 is 11.6 Å². The first-order chi connectivity index (χ1) is 8.90. The van der Waals surface area contributed by atoms with Crippen LogP contribution < -0.4 is 0 Å². The molecule has 1 aromatic carbocycles. The van der Waals surface area contributed by atoms with Crippen molar-refractivity contribution in [3.05, 3.63) is 29.3 Å². The number of hydrogen-bond acceptors (Lipinski definition) is 4. The minimum atomic E-state index is -0.948. The summed E-state index contributed by atoms with van der Waals surface area (Å²) in [7, 11) is 0. The fourth-order valence-electron chi connectivity index (χ4n) is 1.56. The van der Waals surface area contributed by atoms with Crippen LogP contribution in [0, 0.1) is 5.41 Å². The van der Waals surface area contributed by atoms with Gasteiger partial charge in [0.15, 0.2) is 5.82 Å². The zero-order valence-electron chi connectivity index (χ0n) is 10.5. The molecule has 6 nitrogen and oxygen atoms in total. The van der Waals surface area contributed by atoms with Gasteiger partial charge in [-0.2, -0.15) is 0 Å². The van der Waals surface area contributed by atoms with Crippen LogP contribution in [0.2, 0.25) is 5.02 Å². The Morgan fingerprint density at radius 1 is 1.37 bits per heavy atom. The molecule has 0 bridgehead atoms. The topological polar surface area (TPSA) is 80.9 Å². The number of carboxylic acid groups (broad SMARTS) is 1. The van der Waals surface area contributed by atoms with Gasteiger partial charge in [-0.15, -0.1) is 5.10 Å². The summed E-state index contributed by atoms with van der Waals surface area (Å²) in [5.74, 6) is -0.379. The maximum absolute atomic E-state index is 11.1. The second-order valence-electron chi connectivity index (χ2n) is 4.86. The van der Waals surface area contributed by atoms with E-state index in [9.17, 15) is 4.79 Å². The molecular weight excluding hydrogens is 268 g/mol. The molecule has 0 saturated heterocycles. The van der Waals surface area contributed by atoms with Gasteiger partial charge in [-0.3, -0.25) is 4.79 Å². The largest absolute Gasteiger partial charge is 0.481 e. The zero-order chi connectivity index (χ0) is 14.0. The molecule has 0 spiro atoms. The zero-order valence-corrected chi connectivity index (χ0v) is 11.3. The van der Waals surface area contributed by atoms with Crippen molar-refractivity contribution < 1.29 is 9.90 Å². The molecule has 0 fully saturated rings. The van der Waals surface area contributed by atoms with Crippen LogP contribution in [0.5, 0.6) is 0 Å². The molecule has 100 valence electrons. The van der Waals surface area contributed by atoms with Gasteiger partial charge in [-0.1, -0.05) is 11.6 Å². The van der Waals surface area contributed by atoms with E-state index in [-0.39, 0.29) is 6.54 Å². The highest BCUT2D eigenvalue weighted by Gasteiger charge is 2.29. The molecule has 1 N–H and O–H groups in total. The van der Waals surface area contributed by atoms with Crippen LogP contribution in [-0.2, 0) is 11.3 Å². The second-order valence-corrected chi connectivity index (χ2v) is 5.29. The normalized spacial score (nSPS) is 11.5. The number of halogens is 1. The Morgan fingerprint density at radius 2 is 2.00 bits per heavy atom. The number of carboxylic acids is 1. The molecule has 0 saturated carbocycles. The number of carbonyl (C=O) groups is 1. The first-order valence-electron chi connectivity index (χ1n) is 5.66. The molecule has 2 aromatic rings. The van der Waals surface area contributed by atoms with E-state index in [0.29, 0.717) is 10.8 Å². The van der Waals surface area contributed by atoms with Crippen LogP contribution in [0.3, 0.4) is 0 Å². The fourth-order valence-corrected chi connectivity index (χ4v) is 1.68. The lowest BCUT2D eigenvalue weighted by atomic mass is 9.94. The number of benzene rings is 1. The summed E-state index contributed by atoms with van der Waals surface area (Å²) in [6.45, 7) is 3.44. The lowest BCUT2D eigenvalue weighted by molar-refractivity contribution is -0.147. The molecule has 0 aliphatic carbocycles. The lowest BCUT2D eigenvalue weighted by Crippen LogP contribution is -2.30. The van der Waals surface area contributed by atoms with E-state index in [1.54, 1.807) is 38.1 Å². The van der Waals surface area contributed by atoms with Crippen molar-refractivity contribution in [3.63, 3.8) is 0 Å². The predicted molar refractivity (Wildman–Crippen MR) is 69.7 cm³/mol. The van der Waals surface area contributed by atoms with Crippen molar-refractivity contribution in [3.8, 4) is 11.4 Å². The summed E-state index contributed by atoms with van der Waals surface area (Å²) < 4.78 is 1.48. The van der Waals surface area contributed by atoms with Crippen LogP contribution in [0.1, 0.15) is 13.8 Å². The molecule has 1 aromatic heterocycles. The van der Waals surface area contributed by atoms with E-state index in [1.807, 2.05) is 0 Å². The Balaban J connectivity index is 2.33. The smallest absolute Gasteiger partial charge is 0.310 e. The summed E-state index contributed by atoms with van der Waals surface area (Å²) in [4.78, 5) is 11.1. The summed E-state index contributed by atoms with van der Waals surface area (Å²) in [5.41, 5.74) is -0.160. The summed E-state index contributed by atoms with van der Waals surface area (Å²) >= 11 is 5.82. The Kier molecular flexibility index (Phi) is 3.53. The minimum absolute atomic E-state index is 0.188. The van der Waals surface area contributed by atoms with Crippen molar-refractivity contribution in [1.29, 1.82) is 0 Å². The number of rotatable bonds is 4. The molecule has 2 rings (SSSR count). The van der Waals surface area contributed by atoms with Gasteiger partial charge >= 0.3 is 5.97 Å². The van der Waals surface area contributed by atoms with E-state index in [2.05, 4.69) is 15.5 Å². The van der Waals surface area contributed by atoms with Crippen molar-refractivity contribution >= 4 is 17.6 Å². The number of hydrogen-bond donors (Lipinski definition) is 1. The number of nitrogens with zero attached hydrogens (tertiary/aromatic N) is 4. The number of aromatic nitrogens is 4. The maximum atomic E-state index is 11.1. The SMILES string of the molecule is CC(C)(Cn1nnnc1-c1ccc(Cl)cc1)C(=O)O. The van der Waals surface area contributed by atoms with Gasteiger partial charge in [-0.05, 0) is 48.5 Å². The van der Waals surface area contributed by atoms with Gasteiger partial charge in [0.25, 0.3) is 0 Å². The van der Waals surface area contributed by atoms with Crippen LogP contribution in [-0.4, -0.2) is 31.3 Å². The van der Waals surface area contributed by atoms with Crippen molar-refractivity contribution in [2.75, 3.05) is 0 Å². The van der Waals surface area contributed by atoms with Crippen LogP contribution in [0.15, 0.2) is 24.3 Å². The average Bonchev–Trinajstić information content (AvgIpc) is 2.77. The number of aliphatic carboxylic acids is 1. The number of tetrazole rings is 1. The van der Waals surface area contributed by atoms with E-state index in [1.165, 1.54) is 4.68 Å². The van der Waals surface area contributed by atoms with Gasteiger partial charge in [0.05, 0.1) is 12.0 Å². The highest BCUT2D eigenvalue weighted by molar-refractivity contribution is 6.30. The summed E-state index contributed by atoms with van der Waals surface area (Å²) in [6, 6.07) is 7.05. The van der Waals surface area contributed by atoms with Gasteiger partial charge < -0.3 is 5.11 Å². The first-order valence-corrected chi connectivity index (χ1v) is 6.03. The van der Waals surface area contributed by atoms with Crippen molar-refractivity contribution in [1.82, 2.24) is 20.2 Å². The highest BCUT2D eigenvalue weighted by Crippen LogP contribution is 2.23. The molecule has 19 heavy (non-hydrogen) atoms. The van der Waals surface area contributed by atoms with Gasteiger partial charge in [0.2, 0.25) is 0 Å². The van der Waals surface area contributed by atoms with Gasteiger partial charge in [0.1, 0.15) is 0 Å². The monoisotopic (exact) mass is 280 g/mol. The maximum Gasteiger partial charge on any atom is 0.310 e. The molecule has 0 atom stereocenters. The third kappa shape index (κ3) is 2.90. The lowest BCUT2D eigenvalue weighted by Gasteiger charge is -2.19. The van der Waals surface area contributed by atoms with Gasteiger partial charge in [0, 0.05) is 10.6 Å². The first kappa shape index (κ1) is 13.5. The summed E-state index contributed by atoms with van der Waals surface area (Å²) in [6.07, 6.45) is 0. The van der Waals surface area contributed by atoms with E-state index in [0.717, 1.165) is 5.56 Å². The van der Waals surface area contributed by atoms with E-state index < -0.39 is 11.4 Å². The third-order valence-electron chi connectivity index (χ3n) is 2.76. The van der Waals surface area contributed by atoms with Crippen LogP contribution in [0.25, 0.3) is 11.4 Å². The summed E-state index contributed by atoms with van der Waals surface area (Å²) in [5, 5.41) is 21.1. The fraction of sp³-hybridized carbons (Fsp3) is 0.333. The predicted octanol–water partition coefficient (Wildman–Crippen LogP) is 2.10. The molecule has 0 aliphatic rings. The van der Waals surface area contributed by atoms with Crippen molar-refractivity contribution in [2.24, 2.45) is 5.41 Å². The molecule has 0 radical (unpaired) electrons. The Morgan fingerprint density at radius 3 is 2.58 bits per heavy atom. The second kappa shape index (κ2) is 4.97.